The average Bonchev–Trinajstić information content (AvgIpc) is 3.20. The zero-order valence-electron chi connectivity index (χ0n) is 27.4. The van der Waals surface area contributed by atoms with E-state index >= 15 is 0 Å². The second kappa shape index (κ2) is 12.6. The van der Waals surface area contributed by atoms with Crippen LogP contribution in [0.3, 0.4) is 0 Å². The molecule has 0 saturated heterocycles. The fourth-order valence-corrected chi connectivity index (χ4v) is 7.77. The number of ether oxygens (including phenoxy) is 3. The number of aliphatic carboxylic acids is 2. The maximum Gasteiger partial charge on any atom is 0.326 e. The molecule has 6 rings (SSSR count). The van der Waals surface area contributed by atoms with E-state index in [0.717, 1.165) is 0 Å². The van der Waals surface area contributed by atoms with Crippen molar-refractivity contribution in [1.29, 1.82) is 0 Å². The maximum atomic E-state index is 14.7. The van der Waals surface area contributed by atoms with Crippen LogP contribution in [0.15, 0.2) is 27.3 Å². The molecule has 1 aliphatic rings. The molecule has 0 saturated carbocycles. The number of Topliss-reactive ketones (excluding diaryl/α,β-unsaturated/α-hetero) is 1. The zero-order valence-corrected chi connectivity index (χ0v) is 29.2. The molecule has 13 nitrogen and oxygen atoms in total. The number of carbonyl (C=O) groups excluding carboxylic acids is 1. The number of carboxylic acids is 2. The van der Waals surface area contributed by atoms with Gasteiger partial charge in [0.15, 0.2) is 16.9 Å². The molecule has 0 fully saturated rings. The fraction of sp³-hybridized carbons (Fsp3) is 0.286. The van der Waals surface area contributed by atoms with Crippen molar-refractivity contribution in [3.05, 3.63) is 49.3 Å². The van der Waals surface area contributed by atoms with Gasteiger partial charge >= 0.3 is 11.9 Å². The quantitative estimate of drug-likeness (QED) is 0.0417. The summed E-state index contributed by atoms with van der Waals surface area (Å²) in [6, 6.07) is 0.0554. The average molecular weight is 721 g/mol. The van der Waals surface area contributed by atoms with Gasteiger partial charge in [-0.15, -0.1) is 0 Å². The lowest BCUT2D eigenvalue weighted by molar-refractivity contribution is -0.138. The van der Waals surface area contributed by atoms with Crippen molar-refractivity contribution in [3.8, 4) is 23.0 Å². The van der Waals surface area contributed by atoms with Crippen molar-refractivity contribution >= 4 is 104 Å². The second-order valence-electron chi connectivity index (χ2n) is 12.0. The number of allylic oxidation sites excluding steroid dienone is 1. The summed E-state index contributed by atoms with van der Waals surface area (Å²) in [5, 5.41) is 38.9. The number of methoxy groups -OCH3 is 3. The molecule has 260 valence electrons. The van der Waals surface area contributed by atoms with Gasteiger partial charge in [-0.3, -0.25) is 14.4 Å². The molecule has 0 aromatic heterocycles. The Morgan fingerprint density at radius 3 is 1.88 bits per heavy atom. The summed E-state index contributed by atoms with van der Waals surface area (Å²) in [6.07, 6.45) is 1.61. The number of carboxylic acid groups (broad SMARTS) is 2. The normalized spacial score (nSPS) is 15.3. The Balaban J connectivity index is 2.07. The van der Waals surface area contributed by atoms with Gasteiger partial charge in [0, 0.05) is 61.7 Å². The first kappa shape index (κ1) is 34.7. The van der Waals surface area contributed by atoms with Crippen LogP contribution < -0.4 is 35.7 Å². The minimum absolute atomic E-state index is 0.00866. The largest absolute Gasteiger partial charge is 0.505 e. The first-order valence-corrected chi connectivity index (χ1v) is 16.5. The lowest BCUT2D eigenvalue weighted by Gasteiger charge is -2.26. The number of anilines is 2. The minimum Gasteiger partial charge on any atom is -0.505 e. The number of rotatable bonds is 12. The van der Waals surface area contributed by atoms with Crippen LogP contribution in [0.4, 0.5) is 11.4 Å². The lowest BCUT2D eigenvalue weighted by atomic mass is 9.80. The molecule has 0 amide bonds. The van der Waals surface area contributed by atoms with Crippen LogP contribution >= 0.6 is 25.3 Å². The van der Waals surface area contributed by atoms with Crippen LogP contribution in [0.1, 0.15) is 30.9 Å². The Bertz CT molecular complexity index is 2450. The third-order valence-corrected chi connectivity index (χ3v) is 10.0. The monoisotopic (exact) mass is 720 g/mol. The molecule has 0 spiro atoms. The zero-order chi connectivity index (χ0) is 36.5. The summed E-state index contributed by atoms with van der Waals surface area (Å²) in [7, 11) is 4.00. The van der Waals surface area contributed by atoms with Gasteiger partial charge in [0.1, 0.15) is 29.4 Å². The highest BCUT2D eigenvalue weighted by molar-refractivity contribution is 7.80. The summed E-state index contributed by atoms with van der Waals surface area (Å²) < 4.78 is 17.4. The molecule has 3 unspecified atom stereocenters. The van der Waals surface area contributed by atoms with Gasteiger partial charge in [-0.05, 0) is 19.2 Å². The third-order valence-electron chi connectivity index (χ3n) is 9.28. The topological polar surface area (TPSA) is 198 Å². The Morgan fingerprint density at radius 1 is 0.800 bits per heavy atom. The fourth-order valence-electron chi connectivity index (χ4n) is 7.28. The molecule has 5 N–H and O–H groups in total. The highest BCUT2D eigenvalue weighted by Crippen LogP contribution is 2.56. The lowest BCUT2D eigenvalue weighted by Crippen LogP contribution is -2.31. The minimum atomic E-state index is -1.32. The number of benzene rings is 5. The van der Waals surface area contributed by atoms with Crippen LogP contribution in [-0.2, 0) is 14.4 Å². The molecule has 5 aromatic rings. The van der Waals surface area contributed by atoms with Gasteiger partial charge < -0.3 is 40.2 Å². The van der Waals surface area contributed by atoms with Gasteiger partial charge in [0.25, 0.3) is 0 Å². The second-order valence-corrected chi connectivity index (χ2v) is 12.7. The van der Waals surface area contributed by atoms with Gasteiger partial charge in [-0.25, -0.2) is 9.59 Å². The van der Waals surface area contributed by atoms with E-state index in [2.05, 4.69) is 35.9 Å². The van der Waals surface area contributed by atoms with E-state index in [1.807, 2.05) is 0 Å². The summed E-state index contributed by atoms with van der Waals surface area (Å²) in [5.41, 5.74) is -0.525. The molecule has 0 bridgehead atoms. The Kier molecular flexibility index (Phi) is 8.76. The number of phenols is 1. The number of phenolic OH excluding ortho intramolecular Hbond substituents is 1. The Hall–Kier alpha value is -5.15. The van der Waals surface area contributed by atoms with Crippen molar-refractivity contribution in [2.45, 2.75) is 31.8 Å². The highest BCUT2D eigenvalue weighted by atomic mass is 32.1. The van der Waals surface area contributed by atoms with Crippen molar-refractivity contribution in [3.63, 3.8) is 0 Å². The van der Waals surface area contributed by atoms with Gasteiger partial charge in [-0.2, -0.15) is 25.3 Å². The van der Waals surface area contributed by atoms with Crippen molar-refractivity contribution in [2.24, 2.45) is 0 Å². The van der Waals surface area contributed by atoms with Crippen molar-refractivity contribution in [1.82, 2.24) is 0 Å². The number of ketones is 1. The first-order valence-electron chi connectivity index (χ1n) is 15.2. The Labute approximate surface area is 294 Å². The number of nitrogens with one attached hydrogen (secondary N) is 2. The predicted octanol–water partition coefficient (Wildman–Crippen LogP) is 4.31. The molecule has 50 heavy (non-hydrogen) atoms. The number of hydrogen-bond acceptors (Lipinski definition) is 13. The first-order chi connectivity index (χ1) is 23.8. The summed E-state index contributed by atoms with van der Waals surface area (Å²) in [5.74, 6) is -4.82. The summed E-state index contributed by atoms with van der Waals surface area (Å²) >= 11 is 8.37. The number of fused-ring (bicyclic) bond motifs is 1. The molecule has 3 atom stereocenters. The summed E-state index contributed by atoms with van der Waals surface area (Å²) in [4.78, 5) is 66.6. The van der Waals surface area contributed by atoms with Crippen molar-refractivity contribution < 1.29 is 43.9 Å². The van der Waals surface area contributed by atoms with Gasteiger partial charge in [0.05, 0.1) is 49.4 Å². The van der Waals surface area contributed by atoms with Crippen LogP contribution in [0.2, 0.25) is 0 Å². The number of aromatic hydroxyl groups is 1. The van der Waals surface area contributed by atoms with Gasteiger partial charge in [-0.1, -0.05) is 11.6 Å². The molecule has 0 radical (unpaired) electrons. The van der Waals surface area contributed by atoms with E-state index in [-0.39, 0.29) is 100 Å². The standard InChI is InChI=1S/C35H32N2O11S2/c1-11-6-13-21-26-23(31(40)30(13)37-16(10-50)35(44)45)17(39)8-19(47-4)25(26)24-18(46-3)7-14(36-15(9-49)34(42)43)22-28(24)27(21)29(20(11)12(2)38)33(48-5)32(22)41/h6-8,15-16,20,36-37,40,49-50H,9-10H2,1-5H3,(H,42,43)(H,44,45). The van der Waals surface area contributed by atoms with E-state index in [4.69, 9.17) is 14.2 Å². The van der Waals surface area contributed by atoms with E-state index < -0.39 is 46.5 Å². The van der Waals surface area contributed by atoms with E-state index in [0.29, 0.717) is 5.57 Å². The molecule has 1 aliphatic carbocycles. The van der Waals surface area contributed by atoms with E-state index in [1.54, 1.807) is 13.0 Å². The van der Waals surface area contributed by atoms with Crippen LogP contribution in [-0.4, -0.2) is 78.0 Å². The smallest absolute Gasteiger partial charge is 0.326 e. The number of thiol groups is 2. The van der Waals surface area contributed by atoms with E-state index in [9.17, 15) is 39.3 Å². The van der Waals surface area contributed by atoms with Crippen LogP contribution in [0.25, 0.3) is 49.2 Å². The number of carbonyl (C=O) groups is 3. The van der Waals surface area contributed by atoms with Crippen LogP contribution in [0, 0.1) is 0 Å². The maximum absolute atomic E-state index is 14.7. The molecule has 0 aliphatic heterocycles. The molecule has 15 heteroatoms. The van der Waals surface area contributed by atoms with Crippen LogP contribution in [0.5, 0.6) is 23.0 Å². The molecule has 5 aromatic carbocycles. The third kappa shape index (κ3) is 4.81. The highest BCUT2D eigenvalue weighted by Gasteiger charge is 2.38. The molecule has 0 heterocycles. The van der Waals surface area contributed by atoms with E-state index in [1.165, 1.54) is 40.4 Å². The summed E-state index contributed by atoms with van der Waals surface area (Å²) in [6.45, 7) is 3.01. The van der Waals surface area contributed by atoms with Gasteiger partial charge in [0.2, 0.25) is 5.43 Å². The number of hydrogen-bond donors (Lipinski definition) is 7. The predicted molar refractivity (Wildman–Crippen MR) is 198 cm³/mol. The SMILES string of the molecule is COc1c2c3c4c(c(NC(CS)C(=O)O)c(O)c5c(=O)cc(OC)c(c6c(OC)cc(NC(CS)C(=O)O)c(c1=O)c63)c54)C=C(C)C2C(C)=O. The Morgan fingerprint density at radius 2 is 1.36 bits per heavy atom. The molecular formula is C35H32N2O11S2. The molecular weight excluding hydrogens is 689 g/mol. The van der Waals surface area contributed by atoms with Crippen molar-refractivity contribution in [2.75, 3.05) is 43.5 Å².